The Hall–Kier alpha value is -3.89. The number of alkyl carbamates (subject to hydrolysis) is 1. The predicted octanol–water partition coefficient (Wildman–Crippen LogP) is 6.00. The van der Waals surface area contributed by atoms with Crippen LogP contribution in [0.2, 0.25) is 0 Å². The molecule has 0 bridgehead atoms. The summed E-state index contributed by atoms with van der Waals surface area (Å²) in [7, 11) is 0. The van der Waals surface area contributed by atoms with Crippen LogP contribution in [0.15, 0.2) is 109 Å². The highest BCUT2D eigenvalue weighted by molar-refractivity contribution is 5.79. The van der Waals surface area contributed by atoms with E-state index in [2.05, 4.69) is 29.6 Å². The van der Waals surface area contributed by atoms with Crippen molar-refractivity contribution in [3.8, 4) is 11.1 Å². The van der Waals surface area contributed by atoms with Gasteiger partial charge in [0.2, 0.25) is 0 Å². The van der Waals surface area contributed by atoms with Crippen molar-refractivity contribution in [2.45, 2.75) is 18.1 Å². The molecule has 2 atom stereocenters. The molecule has 0 heterocycles. The molecule has 164 valence electrons. The fraction of sp³-hybridized carbons (Fsp3) is 0.138. The molecule has 5 rings (SSSR count). The molecular formula is C29H25NO3. The molecule has 4 aromatic rings. The summed E-state index contributed by atoms with van der Waals surface area (Å²) >= 11 is 0. The van der Waals surface area contributed by atoms with Crippen molar-refractivity contribution in [3.05, 3.63) is 131 Å². The van der Waals surface area contributed by atoms with Gasteiger partial charge in [0.25, 0.3) is 0 Å². The van der Waals surface area contributed by atoms with E-state index in [4.69, 9.17) is 4.74 Å². The Labute approximate surface area is 193 Å². The summed E-state index contributed by atoms with van der Waals surface area (Å²) in [5.41, 5.74) is 6.23. The molecule has 4 heteroatoms. The summed E-state index contributed by atoms with van der Waals surface area (Å²) in [6.45, 7) is 0.225. The fourth-order valence-corrected chi connectivity index (χ4v) is 4.61. The van der Waals surface area contributed by atoms with E-state index in [1.54, 1.807) is 0 Å². The van der Waals surface area contributed by atoms with E-state index in [0.29, 0.717) is 0 Å². The van der Waals surface area contributed by atoms with Gasteiger partial charge < -0.3 is 15.2 Å². The average Bonchev–Trinajstić information content (AvgIpc) is 3.20. The number of nitrogens with one attached hydrogen (secondary N) is 1. The SMILES string of the molecule is O=C(N[C@H](c1ccccc1)[C@@H](O)c1ccccc1)OCC1c2ccccc2-c2ccccc21. The number of benzene rings is 4. The lowest BCUT2D eigenvalue weighted by molar-refractivity contribution is 0.103. The van der Waals surface area contributed by atoms with Crippen molar-refractivity contribution in [1.29, 1.82) is 0 Å². The van der Waals surface area contributed by atoms with Crippen molar-refractivity contribution >= 4 is 6.09 Å². The van der Waals surface area contributed by atoms with Crippen molar-refractivity contribution in [3.63, 3.8) is 0 Å². The highest BCUT2D eigenvalue weighted by atomic mass is 16.5. The van der Waals surface area contributed by atoms with Crippen molar-refractivity contribution in [2.24, 2.45) is 0 Å². The molecule has 4 aromatic carbocycles. The third-order valence-corrected chi connectivity index (χ3v) is 6.23. The van der Waals surface area contributed by atoms with Crippen LogP contribution in [-0.2, 0) is 4.74 Å². The largest absolute Gasteiger partial charge is 0.449 e. The molecule has 2 N–H and O–H groups in total. The quantitative estimate of drug-likeness (QED) is 0.391. The smallest absolute Gasteiger partial charge is 0.407 e. The van der Waals surface area contributed by atoms with E-state index in [1.807, 2.05) is 84.9 Å². The molecule has 0 unspecified atom stereocenters. The molecule has 0 spiro atoms. The van der Waals surface area contributed by atoms with E-state index in [9.17, 15) is 9.90 Å². The molecule has 0 radical (unpaired) electrons. The lowest BCUT2D eigenvalue weighted by Crippen LogP contribution is -2.34. The van der Waals surface area contributed by atoms with E-state index >= 15 is 0 Å². The molecule has 0 aromatic heterocycles. The zero-order valence-corrected chi connectivity index (χ0v) is 18.1. The highest BCUT2D eigenvalue weighted by Crippen LogP contribution is 2.44. The first-order valence-electron chi connectivity index (χ1n) is 11.1. The summed E-state index contributed by atoms with van der Waals surface area (Å²) in [4.78, 5) is 12.9. The Kier molecular flexibility index (Phi) is 5.92. The Balaban J connectivity index is 1.34. The van der Waals surface area contributed by atoms with Gasteiger partial charge in [-0.15, -0.1) is 0 Å². The molecule has 33 heavy (non-hydrogen) atoms. The number of ether oxygens (including phenoxy) is 1. The monoisotopic (exact) mass is 435 g/mol. The predicted molar refractivity (Wildman–Crippen MR) is 129 cm³/mol. The van der Waals surface area contributed by atoms with Gasteiger partial charge in [-0.25, -0.2) is 4.79 Å². The van der Waals surface area contributed by atoms with Gasteiger partial charge in [-0.05, 0) is 33.4 Å². The number of aliphatic hydroxyl groups is 1. The molecule has 1 aliphatic rings. The van der Waals surface area contributed by atoms with Crippen LogP contribution in [0.25, 0.3) is 11.1 Å². The first kappa shape index (κ1) is 21.0. The Morgan fingerprint density at radius 1 is 0.727 bits per heavy atom. The molecule has 0 saturated carbocycles. The maximum absolute atomic E-state index is 12.9. The van der Waals surface area contributed by atoms with E-state index < -0.39 is 18.2 Å². The molecular weight excluding hydrogens is 410 g/mol. The number of rotatable bonds is 6. The number of amides is 1. The van der Waals surface area contributed by atoms with Crippen LogP contribution in [-0.4, -0.2) is 17.8 Å². The molecule has 1 aliphatic carbocycles. The topological polar surface area (TPSA) is 58.6 Å². The lowest BCUT2D eigenvalue weighted by Gasteiger charge is -2.25. The third kappa shape index (κ3) is 4.26. The van der Waals surface area contributed by atoms with Gasteiger partial charge in [0.15, 0.2) is 0 Å². The second-order valence-corrected chi connectivity index (χ2v) is 8.21. The number of hydrogen-bond acceptors (Lipinski definition) is 3. The zero-order valence-electron chi connectivity index (χ0n) is 18.1. The van der Waals surface area contributed by atoms with Crippen molar-refractivity contribution < 1.29 is 14.6 Å². The maximum atomic E-state index is 12.9. The number of aliphatic hydroxyl groups excluding tert-OH is 1. The van der Waals surface area contributed by atoms with E-state index in [1.165, 1.54) is 11.1 Å². The Morgan fingerprint density at radius 3 is 1.79 bits per heavy atom. The normalized spacial score (nSPS) is 14.1. The minimum absolute atomic E-state index is 0.0163. The second-order valence-electron chi connectivity index (χ2n) is 8.21. The Bertz CT molecular complexity index is 1190. The third-order valence-electron chi connectivity index (χ3n) is 6.23. The van der Waals surface area contributed by atoms with Crippen LogP contribution in [0.1, 0.15) is 40.3 Å². The summed E-state index contributed by atoms with van der Waals surface area (Å²) in [6, 6.07) is 34.6. The second kappa shape index (κ2) is 9.31. The summed E-state index contributed by atoms with van der Waals surface area (Å²) in [6.07, 6.45) is -1.46. The zero-order chi connectivity index (χ0) is 22.6. The van der Waals surface area contributed by atoms with Gasteiger partial charge in [-0.3, -0.25) is 0 Å². The van der Waals surface area contributed by atoms with Crippen LogP contribution < -0.4 is 5.32 Å². The lowest BCUT2D eigenvalue weighted by atomic mass is 9.96. The van der Waals surface area contributed by atoms with Crippen molar-refractivity contribution in [1.82, 2.24) is 5.32 Å². The van der Waals surface area contributed by atoms with Crippen LogP contribution >= 0.6 is 0 Å². The van der Waals surface area contributed by atoms with Gasteiger partial charge in [0.1, 0.15) is 12.7 Å². The summed E-state index contributed by atoms with van der Waals surface area (Å²) in [5.74, 6) is -0.0163. The van der Waals surface area contributed by atoms with Crippen molar-refractivity contribution in [2.75, 3.05) is 6.61 Å². The maximum Gasteiger partial charge on any atom is 0.407 e. The fourth-order valence-electron chi connectivity index (χ4n) is 4.61. The Morgan fingerprint density at radius 2 is 1.21 bits per heavy atom. The van der Waals surface area contributed by atoms with E-state index in [-0.39, 0.29) is 12.5 Å². The van der Waals surface area contributed by atoms with Gasteiger partial charge in [0, 0.05) is 5.92 Å². The summed E-state index contributed by atoms with van der Waals surface area (Å²) in [5, 5.41) is 13.9. The number of carbonyl (C=O) groups is 1. The molecule has 0 aliphatic heterocycles. The minimum Gasteiger partial charge on any atom is -0.449 e. The highest BCUT2D eigenvalue weighted by Gasteiger charge is 2.30. The van der Waals surface area contributed by atoms with Crippen LogP contribution in [0, 0.1) is 0 Å². The molecule has 4 nitrogen and oxygen atoms in total. The first-order valence-corrected chi connectivity index (χ1v) is 11.1. The van der Waals surface area contributed by atoms with Crippen LogP contribution in [0.4, 0.5) is 4.79 Å². The van der Waals surface area contributed by atoms with E-state index in [0.717, 1.165) is 22.3 Å². The van der Waals surface area contributed by atoms with Gasteiger partial charge >= 0.3 is 6.09 Å². The average molecular weight is 436 g/mol. The molecule has 0 saturated heterocycles. The van der Waals surface area contributed by atoms with Gasteiger partial charge in [0.05, 0.1) is 6.04 Å². The first-order chi connectivity index (χ1) is 16.2. The van der Waals surface area contributed by atoms with Crippen LogP contribution in [0.3, 0.4) is 0 Å². The summed E-state index contributed by atoms with van der Waals surface area (Å²) < 4.78 is 5.72. The molecule has 0 fully saturated rings. The minimum atomic E-state index is -0.908. The van der Waals surface area contributed by atoms with Crippen LogP contribution in [0.5, 0.6) is 0 Å². The number of fused-ring (bicyclic) bond motifs is 3. The standard InChI is InChI=1S/C29H25NO3/c31-28(21-13-5-2-6-14-21)27(20-11-3-1-4-12-20)30-29(32)33-19-26-24-17-9-7-15-22(24)23-16-8-10-18-25(23)26/h1-18,26-28,31H,19H2,(H,30,32)/t27-,28+/m1/s1. The van der Waals surface area contributed by atoms with Gasteiger partial charge in [-0.1, -0.05) is 109 Å². The number of carbonyl (C=O) groups excluding carboxylic acids is 1. The molecule has 1 amide bonds. The number of hydrogen-bond donors (Lipinski definition) is 2. The van der Waals surface area contributed by atoms with Gasteiger partial charge in [-0.2, -0.15) is 0 Å².